The van der Waals surface area contributed by atoms with Crippen molar-refractivity contribution in [2.75, 3.05) is 7.11 Å². The van der Waals surface area contributed by atoms with E-state index in [0.717, 1.165) is 31.6 Å². The van der Waals surface area contributed by atoms with Crippen molar-refractivity contribution in [3.8, 4) is 0 Å². The molecule has 2 heteroatoms. The van der Waals surface area contributed by atoms with E-state index < -0.39 is 0 Å². The van der Waals surface area contributed by atoms with Gasteiger partial charge in [-0.15, -0.1) is 0 Å². The predicted octanol–water partition coefficient (Wildman–Crippen LogP) is 3.27. The number of hydrogen-bond acceptors (Lipinski definition) is 2. The molecule has 1 aliphatic rings. The molecule has 1 aliphatic carbocycles. The van der Waals surface area contributed by atoms with Crippen LogP contribution < -0.4 is 5.73 Å². The summed E-state index contributed by atoms with van der Waals surface area (Å²) in [4.78, 5) is 0. The lowest BCUT2D eigenvalue weighted by Crippen LogP contribution is -2.51. The van der Waals surface area contributed by atoms with Crippen molar-refractivity contribution in [3.63, 3.8) is 0 Å². The second kappa shape index (κ2) is 5.83. The van der Waals surface area contributed by atoms with Gasteiger partial charge >= 0.3 is 0 Å². The summed E-state index contributed by atoms with van der Waals surface area (Å²) in [7, 11) is 1.81. The first-order chi connectivity index (χ1) is 7.54. The van der Waals surface area contributed by atoms with Crippen molar-refractivity contribution in [2.24, 2.45) is 11.7 Å². The molecule has 2 nitrogen and oxygen atoms in total. The second-order valence-corrected chi connectivity index (χ2v) is 5.37. The van der Waals surface area contributed by atoms with E-state index in [1.165, 1.54) is 18.4 Å². The number of rotatable bonds is 5. The Morgan fingerprint density at radius 2 is 2.06 bits per heavy atom. The Bertz CT molecular complexity index is 229. The molecule has 1 fully saturated rings. The fourth-order valence-electron chi connectivity index (χ4n) is 2.62. The van der Waals surface area contributed by atoms with Crippen LogP contribution in [0.25, 0.3) is 0 Å². The van der Waals surface area contributed by atoms with Gasteiger partial charge in [-0.1, -0.05) is 26.0 Å². The fourth-order valence-corrected chi connectivity index (χ4v) is 2.62. The molecule has 1 atom stereocenters. The van der Waals surface area contributed by atoms with Gasteiger partial charge in [0, 0.05) is 13.2 Å². The second-order valence-electron chi connectivity index (χ2n) is 5.37. The molecule has 1 unspecified atom stereocenters. The molecule has 0 aliphatic heterocycles. The molecule has 0 aromatic rings. The van der Waals surface area contributed by atoms with Crippen molar-refractivity contribution in [1.29, 1.82) is 0 Å². The van der Waals surface area contributed by atoms with Crippen molar-refractivity contribution in [3.05, 3.63) is 12.2 Å². The molecule has 0 amide bonds. The molecule has 94 valence electrons. The molecule has 16 heavy (non-hydrogen) atoms. The lowest BCUT2D eigenvalue weighted by molar-refractivity contribution is -0.0659. The van der Waals surface area contributed by atoms with Crippen molar-refractivity contribution in [1.82, 2.24) is 0 Å². The molecule has 1 saturated carbocycles. The maximum Gasteiger partial charge on any atom is 0.0832 e. The van der Waals surface area contributed by atoms with Gasteiger partial charge < -0.3 is 10.5 Å². The lowest BCUT2D eigenvalue weighted by atomic mass is 9.74. The van der Waals surface area contributed by atoms with Crippen LogP contribution in [0.1, 0.15) is 52.4 Å². The zero-order valence-electron chi connectivity index (χ0n) is 11.1. The van der Waals surface area contributed by atoms with Gasteiger partial charge in [0.25, 0.3) is 0 Å². The summed E-state index contributed by atoms with van der Waals surface area (Å²) in [6.45, 7) is 8.50. The van der Waals surface area contributed by atoms with E-state index in [1.807, 2.05) is 7.11 Å². The maximum absolute atomic E-state index is 6.33. The van der Waals surface area contributed by atoms with Crippen LogP contribution in [0.5, 0.6) is 0 Å². The van der Waals surface area contributed by atoms with Crippen LogP contribution >= 0.6 is 0 Å². The van der Waals surface area contributed by atoms with Crippen LogP contribution in [0.2, 0.25) is 0 Å². The maximum atomic E-state index is 6.33. The highest BCUT2D eigenvalue weighted by atomic mass is 16.5. The van der Waals surface area contributed by atoms with Crippen LogP contribution in [-0.4, -0.2) is 18.8 Å². The van der Waals surface area contributed by atoms with Crippen LogP contribution in [0, 0.1) is 5.92 Å². The van der Waals surface area contributed by atoms with E-state index in [9.17, 15) is 0 Å². The van der Waals surface area contributed by atoms with Gasteiger partial charge in [-0.25, -0.2) is 0 Å². The normalized spacial score (nSPS) is 32.4. The molecule has 0 bridgehead atoms. The topological polar surface area (TPSA) is 35.2 Å². The van der Waals surface area contributed by atoms with Crippen molar-refractivity contribution < 1.29 is 4.74 Å². The van der Waals surface area contributed by atoms with E-state index in [0.29, 0.717) is 0 Å². The Balaban J connectivity index is 2.61. The highest BCUT2D eigenvalue weighted by Crippen LogP contribution is 2.37. The first-order valence-corrected chi connectivity index (χ1v) is 6.51. The van der Waals surface area contributed by atoms with Crippen LogP contribution in [-0.2, 0) is 4.74 Å². The van der Waals surface area contributed by atoms with Crippen molar-refractivity contribution in [2.45, 2.75) is 64.0 Å². The van der Waals surface area contributed by atoms with E-state index in [4.69, 9.17) is 10.5 Å². The number of nitrogens with two attached hydrogens (primary N) is 1. The molecule has 0 spiro atoms. The molecular formula is C14H27NO. The minimum atomic E-state index is -0.0926. The van der Waals surface area contributed by atoms with Crippen molar-refractivity contribution >= 4 is 0 Å². The Labute approximate surface area is 100 Å². The molecule has 0 radical (unpaired) electrons. The number of hydrogen-bond donors (Lipinski definition) is 1. The van der Waals surface area contributed by atoms with Gasteiger partial charge in [0.2, 0.25) is 0 Å². The quantitative estimate of drug-likeness (QED) is 0.729. The summed E-state index contributed by atoms with van der Waals surface area (Å²) in [6, 6.07) is 0.109. The molecule has 1 rings (SSSR count). The smallest absolute Gasteiger partial charge is 0.0832 e. The summed E-state index contributed by atoms with van der Waals surface area (Å²) in [6.07, 6.45) is 6.59. The fraction of sp³-hybridized carbons (Fsp3) is 0.857. The third kappa shape index (κ3) is 3.08. The summed E-state index contributed by atoms with van der Waals surface area (Å²) >= 11 is 0. The van der Waals surface area contributed by atoms with E-state index >= 15 is 0 Å². The van der Waals surface area contributed by atoms with Gasteiger partial charge in [0.1, 0.15) is 0 Å². The van der Waals surface area contributed by atoms with Gasteiger partial charge in [-0.2, -0.15) is 0 Å². The zero-order chi connectivity index (χ0) is 12.2. The molecule has 0 aromatic heterocycles. The van der Waals surface area contributed by atoms with Crippen LogP contribution in [0.3, 0.4) is 0 Å². The minimum Gasteiger partial charge on any atom is -0.377 e. The van der Waals surface area contributed by atoms with Gasteiger partial charge in [-0.3, -0.25) is 0 Å². The highest BCUT2D eigenvalue weighted by Gasteiger charge is 2.39. The third-order valence-corrected chi connectivity index (χ3v) is 4.21. The summed E-state index contributed by atoms with van der Waals surface area (Å²) in [5, 5.41) is 0. The molecule has 0 aromatic carbocycles. The average molecular weight is 225 g/mol. The molecular weight excluding hydrogens is 198 g/mol. The zero-order valence-corrected chi connectivity index (χ0v) is 11.1. The van der Waals surface area contributed by atoms with Gasteiger partial charge in [0.15, 0.2) is 0 Å². The minimum absolute atomic E-state index is 0.0926. The predicted molar refractivity (Wildman–Crippen MR) is 69.4 cm³/mol. The molecule has 0 heterocycles. The summed E-state index contributed by atoms with van der Waals surface area (Å²) in [5.74, 6) is 0.824. The molecule has 2 N–H and O–H groups in total. The lowest BCUT2D eigenvalue weighted by Gasteiger charge is -2.42. The Morgan fingerprint density at radius 1 is 1.50 bits per heavy atom. The largest absolute Gasteiger partial charge is 0.377 e. The van der Waals surface area contributed by atoms with E-state index in [2.05, 4.69) is 20.4 Å². The molecule has 0 saturated heterocycles. The standard InChI is InChI=1S/C14H27NO/c1-5-11(2)10-13(15)14(16-4)8-6-12(3)7-9-14/h12-13H,2,5-10,15H2,1,3-4H3. The summed E-state index contributed by atoms with van der Waals surface area (Å²) < 4.78 is 5.77. The Kier molecular flexibility index (Phi) is 5.00. The van der Waals surface area contributed by atoms with Gasteiger partial charge in [0.05, 0.1) is 5.60 Å². The average Bonchev–Trinajstić information content (AvgIpc) is 2.30. The van der Waals surface area contributed by atoms with E-state index in [-0.39, 0.29) is 11.6 Å². The van der Waals surface area contributed by atoms with Crippen LogP contribution in [0.15, 0.2) is 12.2 Å². The number of methoxy groups -OCH3 is 1. The monoisotopic (exact) mass is 225 g/mol. The first kappa shape index (κ1) is 13.7. The first-order valence-electron chi connectivity index (χ1n) is 6.51. The van der Waals surface area contributed by atoms with Crippen LogP contribution in [0.4, 0.5) is 0 Å². The Morgan fingerprint density at radius 3 is 2.50 bits per heavy atom. The van der Waals surface area contributed by atoms with E-state index in [1.54, 1.807) is 0 Å². The SMILES string of the molecule is C=C(CC)CC(N)C1(OC)CCC(C)CC1. The summed E-state index contributed by atoms with van der Waals surface area (Å²) in [5.41, 5.74) is 7.48. The number of ether oxygens (including phenoxy) is 1. The highest BCUT2D eigenvalue weighted by molar-refractivity contribution is 5.03. The third-order valence-electron chi connectivity index (χ3n) is 4.21. The Hall–Kier alpha value is -0.340. The van der Waals surface area contributed by atoms with Gasteiger partial charge in [-0.05, 0) is 44.4 Å².